The van der Waals surface area contributed by atoms with Crippen molar-refractivity contribution in [2.75, 3.05) is 13.1 Å². The first kappa shape index (κ1) is 9.25. The van der Waals surface area contributed by atoms with Crippen molar-refractivity contribution in [1.82, 2.24) is 5.32 Å². The van der Waals surface area contributed by atoms with E-state index in [1.807, 2.05) is 0 Å². The van der Waals surface area contributed by atoms with Gasteiger partial charge in [0.05, 0.1) is 0 Å². The molecule has 56 valence electrons. The highest BCUT2D eigenvalue weighted by Crippen LogP contribution is 2.16. The number of rotatable bonds is 1. The predicted octanol–water partition coefficient (Wildman–Crippen LogP) is 1.67. The lowest BCUT2D eigenvalue weighted by Crippen LogP contribution is -2.12. The second kappa shape index (κ2) is 4.13. The molecule has 0 aromatic heterocycles. The largest absolute Gasteiger partial charge is 0.316 e. The summed E-state index contributed by atoms with van der Waals surface area (Å²) in [5, 5.41) is 3.35. The third-order valence-electron chi connectivity index (χ3n) is 2.04. The van der Waals surface area contributed by atoms with Crippen molar-refractivity contribution in [3.8, 4) is 0 Å². The first-order valence-corrected chi connectivity index (χ1v) is 3.51. The molecule has 0 radical (unpaired) electrons. The Morgan fingerprint density at radius 1 is 1.44 bits per heavy atom. The molecule has 2 heteroatoms. The molecule has 1 N–H and O–H groups in total. The minimum atomic E-state index is 0. The summed E-state index contributed by atoms with van der Waals surface area (Å²) in [6, 6.07) is 0. The van der Waals surface area contributed by atoms with E-state index in [1.165, 1.54) is 19.5 Å². The summed E-state index contributed by atoms with van der Waals surface area (Å²) in [5.74, 6) is 1.83. The highest BCUT2D eigenvalue weighted by atomic mass is 35.5. The molecule has 1 saturated heterocycles. The van der Waals surface area contributed by atoms with E-state index in [4.69, 9.17) is 0 Å². The van der Waals surface area contributed by atoms with Crippen LogP contribution in [0.2, 0.25) is 0 Å². The number of hydrogen-bond acceptors (Lipinski definition) is 1. The van der Waals surface area contributed by atoms with Crippen molar-refractivity contribution in [2.24, 2.45) is 11.8 Å². The van der Waals surface area contributed by atoms with Crippen LogP contribution in [0.3, 0.4) is 0 Å². The maximum absolute atomic E-state index is 3.35. The van der Waals surface area contributed by atoms with Crippen molar-refractivity contribution in [1.29, 1.82) is 0 Å². The zero-order chi connectivity index (χ0) is 5.98. The Morgan fingerprint density at radius 2 is 2.11 bits per heavy atom. The van der Waals surface area contributed by atoms with Crippen LogP contribution in [-0.4, -0.2) is 13.1 Å². The lowest BCUT2D eigenvalue weighted by atomic mass is 9.96. The summed E-state index contributed by atoms with van der Waals surface area (Å²) >= 11 is 0. The van der Waals surface area contributed by atoms with Crippen molar-refractivity contribution < 1.29 is 0 Å². The second-order valence-electron chi connectivity index (χ2n) is 3.00. The van der Waals surface area contributed by atoms with E-state index in [0.717, 1.165) is 11.8 Å². The van der Waals surface area contributed by atoms with Crippen LogP contribution >= 0.6 is 12.4 Å². The van der Waals surface area contributed by atoms with Crippen LogP contribution < -0.4 is 5.32 Å². The van der Waals surface area contributed by atoms with E-state index in [1.54, 1.807) is 0 Å². The molecular formula is C7H16ClN. The lowest BCUT2D eigenvalue weighted by molar-refractivity contribution is 0.419. The molecule has 1 heterocycles. The van der Waals surface area contributed by atoms with Crippen LogP contribution in [0.5, 0.6) is 0 Å². The quantitative estimate of drug-likeness (QED) is 0.598. The first-order chi connectivity index (χ1) is 3.80. The molecule has 9 heavy (non-hydrogen) atoms. The molecular weight excluding hydrogens is 134 g/mol. The average molecular weight is 150 g/mol. The van der Waals surface area contributed by atoms with E-state index in [0.29, 0.717) is 0 Å². The maximum atomic E-state index is 3.35. The molecule has 1 atom stereocenters. The van der Waals surface area contributed by atoms with E-state index >= 15 is 0 Å². The van der Waals surface area contributed by atoms with Gasteiger partial charge in [-0.2, -0.15) is 0 Å². The Kier molecular flexibility index (Phi) is 4.24. The van der Waals surface area contributed by atoms with Crippen LogP contribution in [0.15, 0.2) is 0 Å². The second-order valence-corrected chi connectivity index (χ2v) is 3.00. The number of halogens is 1. The molecule has 0 spiro atoms. The Bertz CT molecular complexity index is 67.3. The topological polar surface area (TPSA) is 12.0 Å². The molecule has 1 fully saturated rings. The van der Waals surface area contributed by atoms with E-state index in [-0.39, 0.29) is 12.4 Å². The normalized spacial score (nSPS) is 26.3. The fraction of sp³-hybridized carbons (Fsp3) is 1.00. The van der Waals surface area contributed by atoms with Gasteiger partial charge in [-0.15, -0.1) is 12.4 Å². The van der Waals surface area contributed by atoms with Crippen LogP contribution in [-0.2, 0) is 0 Å². The molecule has 0 saturated carbocycles. The molecule has 0 aliphatic carbocycles. The summed E-state index contributed by atoms with van der Waals surface area (Å²) in [4.78, 5) is 0. The summed E-state index contributed by atoms with van der Waals surface area (Å²) in [6.45, 7) is 7.09. The minimum absolute atomic E-state index is 0. The van der Waals surface area contributed by atoms with E-state index in [2.05, 4.69) is 19.2 Å². The highest BCUT2D eigenvalue weighted by Gasteiger charge is 2.16. The van der Waals surface area contributed by atoms with Gasteiger partial charge in [0.1, 0.15) is 0 Å². The van der Waals surface area contributed by atoms with E-state index in [9.17, 15) is 0 Å². The van der Waals surface area contributed by atoms with Gasteiger partial charge >= 0.3 is 0 Å². The fourth-order valence-electron chi connectivity index (χ4n) is 1.25. The molecule has 1 aliphatic heterocycles. The third kappa shape index (κ3) is 2.55. The van der Waals surface area contributed by atoms with Crippen molar-refractivity contribution in [3.63, 3.8) is 0 Å². The molecule has 0 unspecified atom stereocenters. The zero-order valence-corrected chi connectivity index (χ0v) is 7.00. The van der Waals surface area contributed by atoms with Crippen molar-refractivity contribution in [2.45, 2.75) is 20.3 Å². The van der Waals surface area contributed by atoms with Gasteiger partial charge in [-0.25, -0.2) is 0 Å². The van der Waals surface area contributed by atoms with E-state index < -0.39 is 0 Å². The first-order valence-electron chi connectivity index (χ1n) is 3.51. The molecule has 1 nitrogen and oxygen atoms in total. The van der Waals surface area contributed by atoms with Gasteiger partial charge in [-0.05, 0) is 31.3 Å². The number of nitrogens with one attached hydrogen (secondary N) is 1. The molecule has 1 aliphatic rings. The van der Waals surface area contributed by atoms with Crippen LogP contribution in [0.1, 0.15) is 20.3 Å². The fourth-order valence-corrected chi connectivity index (χ4v) is 1.25. The SMILES string of the molecule is CC(C)[C@H]1CCNC1.Cl. The van der Waals surface area contributed by atoms with Gasteiger partial charge in [0.25, 0.3) is 0 Å². The van der Waals surface area contributed by atoms with Gasteiger partial charge in [0.15, 0.2) is 0 Å². The molecule has 0 amide bonds. The van der Waals surface area contributed by atoms with Gasteiger partial charge in [-0.3, -0.25) is 0 Å². The number of hydrogen-bond donors (Lipinski definition) is 1. The van der Waals surface area contributed by atoms with Crippen LogP contribution in [0.25, 0.3) is 0 Å². The summed E-state index contributed by atoms with van der Waals surface area (Å²) in [5.41, 5.74) is 0. The average Bonchev–Trinajstić information content (AvgIpc) is 2.12. The Hall–Kier alpha value is 0.250. The van der Waals surface area contributed by atoms with Gasteiger partial charge in [0.2, 0.25) is 0 Å². The minimum Gasteiger partial charge on any atom is -0.316 e. The highest BCUT2D eigenvalue weighted by molar-refractivity contribution is 5.85. The standard InChI is InChI=1S/C7H15N.ClH/c1-6(2)7-3-4-8-5-7;/h6-8H,3-5H2,1-2H3;1H/t7-;/m0./s1. The van der Waals surface area contributed by atoms with Gasteiger partial charge in [0, 0.05) is 0 Å². The Labute approximate surface area is 63.6 Å². The molecule has 0 aromatic carbocycles. The third-order valence-corrected chi connectivity index (χ3v) is 2.04. The molecule has 0 aromatic rings. The Balaban J connectivity index is 0.000000640. The lowest BCUT2D eigenvalue weighted by Gasteiger charge is -2.10. The van der Waals surface area contributed by atoms with Crippen molar-refractivity contribution >= 4 is 12.4 Å². The molecule has 1 rings (SSSR count). The summed E-state index contributed by atoms with van der Waals surface area (Å²) in [7, 11) is 0. The van der Waals surface area contributed by atoms with Crippen LogP contribution in [0.4, 0.5) is 0 Å². The van der Waals surface area contributed by atoms with Crippen molar-refractivity contribution in [3.05, 3.63) is 0 Å². The summed E-state index contributed by atoms with van der Waals surface area (Å²) < 4.78 is 0. The monoisotopic (exact) mass is 149 g/mol. The smallest absolute Gasteiger partial charge is 0.00176 e. The van der Waals surface area contributed by atoms with Gasteiger partial charge < -0.3 is 5.32 Å². The molecule has 0 bridgehead atoms. The zero-order valence-electron chi connectivity index (χ0n) is 6.18. The predicted molar refractivity (Wildman–Crippen MR) is 43.1 cm³/mol. The van der Waals surface area contributed by atoms with Gasteiger partial charge in [-0.1, -0.05) is 13.8 Å². The summed E-state index contributed by atoms with van der Waals surface area (Å²) in [6.07, 6.45) is 1.39. The Morgan fingerprint density at radius 3 is 2.33 bits per heavy atom. The maximum Gasteiger partial charge on any atom is -0.00176 e. The van der Waals surface area contributed by atoms with Crippen LogP contribution in [0, 0.1) is 11.8 Å².